The summed E-state index contributed by atoms with van der Waals surface area (Å²) in [6, 6.07) is 18.3. The van der Waals surface area contributed by atoms with Crippen molar-refractivity contribution in [3.63, 3.8) is 0 Å². The molecule has 1 saturated heterocycles. The number of amides is 1. The van der Waals surface area contributed by atoms with E-state index in [4.69, 9.17) is 10.3 Å². The van der Waals surface area contributed by atoms with Crippen LogP contribution in [-0.2, 0) is 11.3 Å². The molecular formula is C28H30BN5O4. The van der Waals surface area contributed by atoms with Crippen LogP contribution in [0.25, 0.3) is 21.6 Å². The van der Waals surface area contributed by atoms with Gasteiger partial charge in [-0.1, -0.05) is 59.7 Å². The van der Waals surface area contributed by atoms with E-state index >= 15 is 0 Å². The van der Waals surface area contributed by atoms with Crippen LogP contribution in [0.5, 0.6) is 0 Å². The Morgan fingerprint density at radius 3 is 2.21 bits per heavy atom. The van der Waals surface area contributed by atoms with E-state index in [1.165, 1.54) is 22.3 Å². The Balaban J connectivity index is 1.21. The van der Waals surface area contributed by atoms with Crippen LogP contribution in [-0.4, -0.2) is 65.8 Å². The molecule has 3 aromatic rings. The van der Waals surface area contributed by atoms with Crippen molar-refractivity contribution in [3.05, 3.63) is 92.9 Å². The Labute approximate surface area is 222 Å². The van der Waals surface area contributed by atoms with Crippen molar-refractivity contribution in [2.24, 2.45) is 5.11 Å². The van der Waals surface area contributed by atoms with Crippen molar-refractivity contribution < 1.29 is 19.6 Å². The maximum absolute atomic E-state index is 13.0. The van der Waals surface area contributed by atoms with Gasteiger partial charge in [-0.2, -0.15) is 0 Å². The van der Waals surface area contributed by atoms with Gasteiger partial charge in [-0.05, 0) is 63.8 Å². The fourth-order valence-corrected chi connectivity index (χ4v) is 5.62. The molecule has 5 rings (SSSR count). The van der Waals surface area contributed by atoms with E-state index in [9.17, 15) is 14.8 Å². The number of azide groups is 1. The Hall–Kier alpha value is -3.82. The zero-order valence-corrected chi connectivity index (χ0v) is 21.5. The minimum Gasteiger partial charge on any atom is -0.448 e. The van der Waals surface area contributed by atoms with Crippen LogP contribution in [0, 0.1) is 13.8 Å². The Bertz CT molecular complexity index is 1370. The van der Waals surface area contributed by atoms with Crippen molar-refractivity contribution in [1.82, 2.24) is 9.80 Å². The van der Waals surface area contributed by atoms with Crippen LogP contribution in [0.15, 0.2) is 59.7 Å². The van der Waals surface area contributed by atoms with E-state index in [2.05, 4.69) is 39.2 Å². The molecule has 0 bridgehead atoms. The highest BCUT2D eigenvalue weighted by Gasteiger charge is 2.30. The number of carbonyl (C=O) groups excluding carboxylic acids is 1. The van der Waals surface area contributed by atoms with Gasteiger partial charge in [-0.15, -0.1) is 0 Å². The number of nitrogens with zero attached hydrogens (tertiary/aromatic N) is 5. The summed E-state index contributed by atoms with van der Waals surface area (Å²) in [4.78, 5) is 19.8. The second-order valence-electron chi connectivity index (χ2n) is 9.85. The third-order valence-electron chi connectivity index (χ3n) is 7.74. The summed E-state index contributed by atoms with van der Waals surface area (Å²) in [6.07, 6.45) is -0.311. The number of carbonyl (C=O) groups is 1. The zero-order chi connectivity index (χ0) is 26.8. The molecule has 1 amide bonds. The van der Waals surface area contributed by atoms with Crippen molar-refractivity contribution in [2.75, 3.05) is 32.8 Å². The van der Waals surface area contributed by atoms with Crippen molar-refractivity contribution in [3.8, 4) is 11.1 Å². The highest BCUT2D eigenvalue weighted by Crippen LogP contribution is 2.44. The molecule has 38 heavy (non-hydrogen) atoms. The zero-order valence-electron chi connectivity index (χ0n) is 21.5. The van der Waals surface area contributed by atoms with Gasteiger partial charge in [-0.25, -0.2) is 4.79 Å². The van der Waals surface area contributed by atoms with E-state index in [1.807, 2.05) is 31.2 Å². The van der Waals surface area contributed by atoms with E-state index in [0.29, 0.717) is 56.0 Å². The largest absolute Gasteiger partial charge is 0.488 e. The summed E-state index contributed by atoms with van der Waals surface area (Å²) in [7, 11) is -1.66. The van der Waals surface area contributed by atoms with Crippen LogP contribution < -0.4 is 5.46 Å². The molecule has 1 aliphatic heterocycles. The predicted octanol–water partition coefficient (Wildman–Crippen LogP) is 3.99. The minimum absolute atomic E-state index is 0.0264. The average molecular weight is 511 g/mol. The number of rotatable bonds is 6. The van der Waals surface area contributed by atoms with Gasteiger partial charge in [0.2, 0.25) is 0 Å². The molecular weight excluding hydrogens is 481 g/mol. The van der Waals surface area contributed by atoms with Crippen LogP contribution in [0.3, 0.4) is 0 Å². The van der Waals surface area contributed by atoms with Gasteiger partial charge in [0.15, 0.2) is 0 Å². The highest BCUT2D eigenvalue weighted by atomic mass is 16.6. The summed E-state index contributed by atoms with van der Waals surface area (Å²) >= 11 is 0. The number of hydrogen-bond donors (Lipinski definition) is 2. The van der Waals surface area contributed by atoms with Crippen LogP contribution in [0.1, 0.15) is 33.7 Å². The van der Waals surface area contributed by atoms with Gasteiger partial charge >= 0.3 is 13.2 Å². The number of fused-ring (bicyclic) bond motifs is 3. The van der Waals surface area contributed by atoms with Crippen LogP contribution >= 0.6 is 0 Å². The first kappa shape index (κ1) is 25.8. The van der Waals surface area contributed by atoms with Gasteiger partial charge in [-0.3, -0.25) is 4.90 Å². The molecule has 2 N–H and O–H groups in total. The van der Waals surface area contributed by atoms with Crippen LogP contribution in [0.4, 0.5) is 10.5 Å². The fourth-order valence-electron chi connectivity index (χ4n) is 5.62. The second kappa shape index (κ2) is 10.9. The Morgan fingerprint density at radius 1 is 1.03 bits per heavy atom. The highest BCUT2D eigenvalue weighted by molar-refractivity contribution is 6.59. The lowest BCUT2D eigenvalue weighted by Gasteiger charge is -2.34. The molecule has 0 saturated carbocycles. The van der Waals surface area contributed by atoms with Crippen molar-refractivity contribution in [2.45, 2.75) is 26.3 Å². The molecule has 0 aromatic heterocycles. The minimum atomic E-state index is -1.66. The molecule has 1 heterocycles. The Morgan fingerprint density at radius 2 is 1.63 bits per heavy atom. The molecule has 0 spiro atoms. The van der Waals surface area contributed by atoms with Crippen molar-refractivity contribution >= 4 is 24.4 Å². The lowest BCUT2D eigenvalue weighted by atomic mass is 9.75. The van der Waals surface area contributed by atoms with Gasteiger partial charge in [0.05, 0.1) is 0 Å². The van der Waals surface area contributed by atoms with E-state index in [0.717, 1.165) is 11.1 Å². The first-order valence-electron chi connectivity index (χ1n) is 12.8. The number of benzene rings is 3. The third kappa shape index (κ3) is 4.87. The monoisotopic (exact) mass is 511 g/mol. The summed E-state index contributed by atoms with van der Waals surface area (Å²) in [6.45, 7) is 6.76. The Kier molecular flexibility index (Phi) is 7.40. The molecule has 10 heteroatoms. The maximum atomic E-state index is 13.0. The van der Waals surface area contributed by atoms with Gasteiger partial charge < -0.3 is 19.7 Å². The number of ether oxygens (including phenoxy) is 1. The smallest absolute Gasteiger partial charge is 0.448 e. The van der Waals surface area contributed by atoms with Gasteiger partial charge in [0.25, 0.3) is 0 Å². The second-order valence-corrected chi connectivity index (χ2v) is 9.85. The molecule has 9 nitrogen and oxygen atoms in total. The lowest BCUT2D eigenvalue weighted by molar-refractivity contribution is 0.0728. The fraction of sp³-hybridized carbons (Fsp3) is 0.321. The predicted molar refractivity (Wildman–Crippen MR) is 146 cm³/mol. The third-order valence-corrected chi connectivity index (χ3v) is 7.74. The van der Waals surface area contributed by atoms with Crippen molar-refractivity contribution in [1.29, 1.82) is 0 Å². The molecule has 1 fully saturated rings. The summed E-state index contributed by atoms with van der Waals surface area (Å²) in [5.41, 5.74) is 16.7. The first-order chi connectivity index (χ1) is 18.4. The molecule has 0 unspecified atom stereocenters. The molecule has 194 valence electrons. The number of piperazine rings is 1. The topological polar surface area (TPSA) is 122 Å². The molecule has 3 aromatic carbocycles. The molecule has 2 aliphatic rings. The van der Waals surface area contributed by atoms with Gasteiger partial charge in [0, 0.05) is 49.2 Å². The summed E-state index contributed by atoms with van der Waals surface area (Å²) in [5.74, 6) is 0.0264. The molecule has 0 atom stereocenters. The standard InChI is InChI=1S/C28H30BN5O4/c1-18-20(15-26(29(36)37)19(2)27(18)31-32-30)16-33-11-13-34(14-12-33)28(35)38-17-25-23-9-5-3-7-21(23)22-8-4-6-10-24(22)25/h3-10,15,25,36-37H,11-14,16-17H2,1-2H3. The first-order valence-corrected chi connectivity index (χ1v) is 12.8. The van der Waals surface area contributed by atoms with E-state index in [-0.39, 0.29) is 12.0 Å². The summed E-state index contributed by atoms with van der Waals surface area (Å²) < 4.78 is 5.82. The molecule has 0 radical (unpaired) electrons. The quantitative estimate of drug-likeness (QED) is 0.224. The average Bonchev–Trinajstić information content (AvgIpc) is 3.25. The van der Waals surface area contributed by atoms with Gasteiger partial charge in [0.1, 0.15) is 6.61 Å². The molecule has 1 aliphatic carbocycles. The SMILES string of the molecule is Cc1c(CN2CCN(C(=O)OCC3c4ccccc4-c4ccccc43)CC2)cc(B(O)O)c(C)c1N=[N+]=[N-]. The summed E-state index contributed by atoms with van der Waals surface area (Å²) in [5, 5.41) is 23.4. The number of hydrogen-bond acceptors (Lipinski definition) is 6. The maximum Gasteiger partial charge on any atom is 0.488 e. The van der Waals surface area contributed by atoms with E-state index in [1.54, 1.807) is 17.9 Å². The van der Waals surface area contributed by atoms with E-state index < -0.39 is 7.12 Å². The normalized spacial score (nSPS) is 15.0. The lowest BCUT2D eigenvalue weighted by Crippen LogP contribution is -2.48. The van der Waals surface area contributed by atoms with Crippen LogP contribution in [0.2, 0.25) is 0 Å².